The molecule has 0 bridgehead atoms. The Kier molecular flexibility index (Phi) is 5.39. The molecule has 6 nitrogen and oxygen atoms in total. The average Bonchev–Trinajstić information content (AvgIpc) is 2.98. The number of phenols is 1. The van der Waals surface area contributed by atoms with Crippen LogP contribution in [0.4, 0.5) is 5.82 Å². The number of hydrogen-bond donors (Lipinski definition) is 3. The second-order valence-corrected chi connectivity index (χ2v) is 6.89. The van der Waals surface area contributed by atoms with Crippen LogP contribution >= 0.6 is 27.5 Å². The molecule has 3 rings (SSSR count). The number of aromatic hydroxyl groups is 1. The van der Waals surface area contributed by atoms with Gasteiger partial charge in [0.1, 0.15) is 11.3 Å². The van der Waals surface area contributed by atoms with Crippen LogP contribution in [0.5, 0.6) is 5.75 Å². The molecule has 26 heavy (non-hydrogen) atoms. The number of aromatic nitrogens is 2. The molecule has 1 amide bonds. The number of nitrogens with zero attached hydrogens (tertiary/aromatic N) is 2. The first kappa shape index (κ1) is 18.2. The van der Waals surface area contributed by atoms with Crippen LogP contribution in [0.1, 0.15) is 27.2 Å². The van der Waals surface area contributed by atoms with E-state index in [0.29, 0.717) is 22.7 Å². The Hall–Kier alpha value is -2.64. The predicted octanol–water partition coefficient (Wildman–Crippen LogP) is 3.97. The van der Waals surface area contributed by atoms with Gasteiger partial charge in [-0.15, -0.1) is 0 Å². The zero-order chi connectivity index (χ0) is 18.7. The van der Waals surface area contributed by atoms with Crippen molar-refractivity contribution in [3.8, 4) is 5.75 Å². The first-order valence-electron chi connectivity index (χ1n) is 7.58. The molecule has 0 aliphatic heterocycles. The maximum absolute atomic E-state index is 11.9. The number of rotatable bonds is 5. The number of halogens is 2. The van der Waals surface area contributed by atoms with Gasteiger partial charge in [-0.25, -0.2) is 4.99 Å². The molecule has 3 aromatic rings. The van der Waals surface area contributed by atoms with Gasteiger partial charge >= 0.3 is 0 Å². The molecule has 0 atom stereocenters. The van der Waals surface area contributed by atoms with Crippen LogP contribution in [0, 0.1) is 0 Å². The molecular formula is C18H14BrClN4O2. The van der Waals surface area contributed by atoms with Crippen molar-refractivity contribution in [2.24, 2.45) is 10.7 Å². The number of benzene rings is 2. The van der Waals surface area contributed by atoms with E-state index in [-0.39, 0.29) is 17.1 Å². The first-order chi connectivity index (χ1) is 12.4. The third kappa shape index (κ3) is 4.12. The van der Waals surface area contributed by atoms with Gasteiger partial charge < -0.3 is 10.8 Å². The highest BCUT2D eigenvalue weighted by molar-refractivity contribution is 9.10. The largest absolute Gasteiger partial charge is 0.507 e. The quantitative estimate of drug-likeness (QED) is 0.530. The second-order valence-electron chi connectivity index (χ2n) is 5.53. The minimum absolute atomic E-state index is 0.0623. The highest BCUT2D eigenvalue weighted by atomic mass is 79.9. The van der Waals surface area contributed by atoms with E-state index in [1.165, 1.54) is 12.3 Å². The van der Waals surface area contributed by atoms with E-state index < -0.39 is 5.91 Å². The van der Waals surface area contributed by atoms with Gasteiger partial charge in [0.2, 0.25) is 0 Å². The summed E-state index contributed by atoms with van der Waals surface area (Å²) >= 11 is 9.32. The summed E-state index contributed by atoms with van der Waals surface area (Å²) < 4.78 is 0.788. The fraction of sp³-hybridized carbons (Fsp3) is 0.0556. The number of nitrogens with two attached hydrogens (primary N) is 1. The van der Waals surface area contributed by atoms with Crippen LogP contribution in [0.2, 0.25) is 5.02 Å². The number of phenolic OH excluding ortho intramolecular Hbond substituents is 1. The monoisotopic (exact) mass is 432 g/mol. The Balaban J connectivity index is 1.93. The fourth-order valence-electron chi connectivity index (χ4n) is 2.46. The van der Waals surface area contributed by atoms with Crippen LogP contribution in [-0.2, 0) is 6.42 Å². The van der Waals surface area contributed by atoms with Crippen LogP contribution in [0.25, 0.3) is 0 Å². The van der Waals surface area contributed by atoms with E-state index in [0.717, 1.165) is 10.0 Å². The lowest BCUT2D eigenvalue weighted by molar-refractivity contribution is 0.100. The number of primary amides is 1. The van der Waals surface area contributed by atoms with Gasteiger partial charge in [-0.1, -0.05) is 39.7 Å². The highest BCUT2D eigenvalue weighted by Gasteiger charge is 2.18. The molecule has 132 valence electrons. The van der Waals surface area contributed by atoms with Crippen LogP contribution in [0.3, 0.4) is 0 Å². The Morgan fingerprint density at radius 2 is 2.15 bits per heavy atom. The molecule has 0 saturated carbocycles. The van der Waals surface area contributed by atoms with Crippen molar-refractivity contribution in [2.75, 3.05) is 0 Å². The minimum Gasteiger partial charge on any atom is -0.507 e. The van der Waals surface area contributed by atoms with Crippen molar-refractivity contribution >= 4 is 45.5 Å². The summed E-state index contributed by atoms with van der Waals surface area (Å²) in [7, 11) is 0. The number of aliphatic imine (C=N–C) groups is 1. The summed E-state index contributed by atoms with van der Waals surface area (Å²) in [4.78, 5) is 16.1. The van der Waals surface area contributed by atoms with Gasteiger partial charge in [0, 0.05) is 27.7 Å². The number of nitrogens with one attached hydrogen (secondary N) is 1. The van der Waals surface area contributed by atoms with Crippen LogP contribution in [0.15, 0.2) is 51.9 Å². The van der Waals surface area contributed by atoms with Gasteiger partial charge in [0.25, 0.3) is 5.91 Å². The summed E-state index contributed by atoms with van der Waals surface area (Å²) in [6, 6.07) is 12.2. The predicted molar refractivity (Wildman–Crippen MR) is 104 cm³/mol. The third-order valence-corrected chi connectivity index (χ3v) is 4.38. The molecule has 8 heteroatoms. The lowest BCUT2D eigenvalue weighted by Crippen LogP contribution is -2.13. The van der Waals surface area contributed by atoms with Crippen LogP contribution < -0.4 is 5.73 Å². The summed E-state index contributed by atoms with van der Waals surface area (Å²) in [6.45, 7) is 0. The van der Waals surface area contributed by atoms with Crippen molar-refractivity contribution in [3.63, 3.8) is 0 Å². The number of aromatic amines is 1. The fourth-order valence-corrected chi connectivity index (χ4v) is 3.05. The summed E-state index contributed by atoms with van der Waals surface area (Å²) in [5, 5.41) is 17.4. The van der Waals surface area contributed by atoms with Crippen molar-refractivity contribution in [3.05, 3.63) is 74.3 Å². The van der Waals surface area contributed by atoms with E-state index in [1.807, 2.05) is 12.1 Å². The number of carbonyl (C=O) groups is 1. The van der Waals surface area contributed by atoms with Gasteiger partial charge in [-0.05, 0) is 35.9 Å². The summed E-state index contributed by atoms with van der Waals surface area (Å²) in [5.74, 6) is -0.414. The lowest BCUT2D eigenvalue weighted by atomic mass is 10.1. The van der Waals surface area contributed by atoms with E-state index in [2.05, 4.69) is 31.1 Å². The van der Waals surface area contributed by atoms with Crippen molar-refractivity contribution in [2.45, 2.75) is 6.42 Å². The average molecular weight is 434 g/mol. The first-order valence-corrected chi connectivity index (χ1v) is 8.75. The minimum atomic E-state index is -0.638. The molecular weight excluding hydrogens is 420 g/mol. The lowest BCUT2D eigenvalue weighted by Gasteiger charge is -2.02. The number of amides is 1. The zero-order valence-electron chi connectivity index (χ0n) is 13.4. The Bertz CT molecular complexity index is 1000. The zero-order valence-corrected chi connectivity index (χ0v) is 15.8. The van der Waals surface area contributed by atoms with Crippen molar-refractivity contribution in [1.29, 1.82) is 0 Å². The van der Waals surface area contributed by atoms with Crippen molar-refractivity contribution < 1.29 is 9.90 Å². The molecule has 0 saturated heterocycles. The Morgan fingerprint density at radius 1 is 1.35 bits per heavy atom. The summed E-state index contributed by atoms with van der Waals surface area (Å²) in [5.41, 5.74) is 7.65. The van der Waals surface area contributed by atoms with E-state index >= 15 is 0 Å². The molecule has 0 aliphatic carbocycles. The third-order valence-electron chi connectivity index (χ3n) is 3.65. The molecule has 0 fully saturated rings. The number of hydrogen-bond acceptors (Lipinski definition) is 4. The maximum atomic E-state index is 11.9. The maximum Gasteiger partial charge on any atom is 0.254 e. The van der Waals surface area contributed by atoms with E-state index in [4.69, 9.17) is 17.3 Å². The smallest absolute Gasteiger partial charge is 0.254 e. The van der Waals surface area contributed by atoms with Gasteiger partial charge in [0.15, 0.2) is 5.82 Å². The second kappa shape index (κ2) is 7.72. The number of H-pyrrole nitrogens is 1. The molecule has 4 N–H and O–H groups in total. The van der Waals surface area contributed by atoms with Crippen molar-refractivity contribution in [1.82, 2.24) is 10.2 Å². The van der Waals surface area contributed by atoms with Gasteiger partial charge in [-0.3, -0.25) is 9.89 Å². The Labute approximate surface area is 162 Å². The van der Waals surface area contributed by atoms with Crippen LogP contribution in [-0.4, -0.2) is 27.4 Å². The molecule has 1 heterocycles. The molecule has 2 aromatic carbocycles. The Morgan fingerprint density at radius 3 is 2.88 bits per heavy atom. The van der Waals surface area contributed by atoms with E-state index in [9.17, 15) is 9.90 Å². The molecule has 1 aromatic heterocycles. The summed E-state index contributed by atoms with van der Waals surface area (Å²) in [6.07, 6.45) is 1.83. The topological polar surface area (TPSA) is 104 Å². The SMILES string of the molecule is NC(=O)c1c(N=Cc2cc(Br)ccc2O)n[nH]c1Cc1cccc(Cl)c1. The normalized spacial score (nSPS) is 11.2. The molecule has 0 aliphatic rings. The van der Waals surface area contributed by atoms with E-state index in [1.54, 1.807) is 24.3 Å². The van der Waals surface area contributed by atoms with Gasteiger partial charge in [-0.2, -0.15) is 5.10 Å². The number of carbonyl (C=O) groups excluding carboxylic acids is 1. The molecule has 0 radical (unpaired) electrons. The highest BCUT2D eigenvalue weighted by Crippen LogP contribution is 2.24. The molecule has 0 unspecified atom stereocenters. The molecule has 0 spiro atoms. The van der Waals surface area contributed by atoms with Gasteiger partial charge in [0.05, 0.1) is 5.69 Å². The standard InChI is InChI=1S/C18H14BrClN4O2/c19-12-4-5-15(25)11(8-12)9-22-18-16(17(21)26)14(23-24-18)7-10-2-1-3-13(20)6-10/h1-6,8-9,25H,7H2,(H2,21,26)(H,23,24).